The number of para-hydroxylation sites is 1. The quantitative estimate of drug-likeness (QED) is 0.539. The lowest BCUT2D eigenvalue weighted by atomic mass is 9.97. The summed E-state index contributed by atoms with van der Waals surface area (Å²) in [6.45, 7) is 0. The first-order valence-corrected chi connectivity index (χ1v) is 10.5. The fraction of sp³-hybridized carbons (Fsp3) is 0.227. The summed E-state index contributed by atoms with van der Waals surface area (Å²) in [6, 6.07) is 15.7. The largest absolute Gasteiger partial charge is 0.493 e. The summed E-state index contributed by atoms with van der Waals surface area (Å²) in [7, 11) is 3.27. The predicted molar refractivity (Wildman–Crippen MR) is 114 cm³/mol. The van der Waals surface area contributed by atoms with Gasteiger partial charge in [-0.05, 0) is 41.8 Å². The summed E-state index contributed by atoms with van der Waals surface area (Å²) < 4.78 is 17.6. The van der Waals surface area contributed by atoms with Gasteiger partial charge in [0.1, 0.15) is 5.75 Å². The third-order valence-corrected chi connectivity index (χ3v) is 6.41. The van der Waals surface area contributed by atoms with Gasteiger partial charge in [-0.2, -0.15) is 5.10 Å². The highest BCUT2D eigenvalue weighted by Crippen LogP contribution is 2.50. The van der Waals surface area contributed by atoms with E-state index in [-0.39, 0.29) is 6.04 Å². The molecule has 3 aromatic rings. The van der Waals surface area contributed by atoms with Gasteiger partial charge in [-0.1, -0.05) is 23.7 Å². The average Bonchev–Trinajstić information content (AvgIpc) is 3.42. The Morgan fingerprint density at radius 3 is 2.76 bits per heavy atom. The Hall–Kier alpha value is -2.70. The Kier molecular flexibility index (Phi) is 4.60. The van der Waals surface area contributed by atoms with Crippen LogP contribution in [0.1, 0.15) is 34.7 Å². The monoisotopic (exact) mass is 426 g/mol. The minimum absolute atomic E-state index is 0.0375. The lowest BCUT2D eigenvalue weighted by molar-refractivity contribution is -0.0205. The molecule has 0 saturated carbocycles. The SMILES string of the molecule is COc1cccc([C@@H]2Oc3ccc(Cl)cc3[C@@H]3CC(c4cccs4)=NN32)c1OC. The lowest BCUT2D eigenvalue weighted by Crippen LogP contribution is -2.34. The first-order valence-electron chi connectivity index (χ1n) is 9.26. The van der Waals surface area contributed by atoms with Crippen molar-refractivity contribution in [2.75, 3.05) is 14.2 Å². The van der Waals surface area contributed by atoms with E-state index in [0.29, 0.717) is 16.5 Å². The molecule has 3 heterocycles. The van der Waals surface area contributed by atoms with Crippen LogP contribution >= 0.6 is 22.9 Å². The van der Waals surface area contributed by atoms with Gasteiger partial charge in [-0.3, -0.25) is 0 Å². The van der Waals surface area contributed by atoms with Crippen molar-refractivity contribution < 1.29 is 14.2 Å². The van der Waals surface area contributed by atoms with Crippen LogP contribution in [0, 0.1) is 0 Å². The van der Waals surface area contributed by atoms with Crippen molar-refractivity contribution in [3.8, 4) is 17.2 Å². The van der Waals surface area contributed by atoms with E-state index in [1.165, 1.54) is 4.88 Å². The van der Waals surface area contributed by atoms with E-state index in [0.717, 1.165) is 29.0 Å². The van der Waals surface area contributed by atoms with Crippen LogP contribution in [0.15, 0.2) is 59.0 Å². The van der Waals surface area contributed by atoms with Crippen molar-refractivity contribution >= 4 is 28.6 Å². The molecular formula is C22H19ClN2O3S. The van der Waals surface area contributed by atoms with E-state index in [9.17, 15) is 0 Å². The van der Waals surface area contributed by atoms with Crippen molar-refractivity contribution in [2.24, 2.45) is 5.10 Å². The summed E-state index contributed by atoms with van der Waals surface area (Å²) in [5, 5.41) is 9.74. The van der Waals surface area contributed by atoms with Crippen LogP contribution in [-0.2, 0) is 0 Å². The molecule has 0 saturated heterocycles. The molecule has 1 aromatic heterocycles. The predicted octanol–water partition coefficient (Wildman–Crippen LogP) is 5.66. The van der Waals surface area contributed by atoms with Crippen molar-refractivity contribution in [2.45, 2.75) is 18.7 Å². The smallest absolute Gasteiger partial charge is 0.217 e. The number of benzene rings is 2. The Morgan fingerprint density at radius 1 is 1.10 bits per heavy atom. The van der Waals surface area contributed by atoms with Crippen LogP contribution in [0.5, 0.6) is 17.2 Å². The molecular weight excluding hydrogens is 408 g/mol. The number of rotatable bonds is 4. The third kappa shape index (κ3) is 3.03. The zero-order valence-corrected chi connectivity index (χ0v) is 17.5. The molecule has 0 radical (unpaired) electrons. The summed E-state index contributed by atoms with van der Waals surface area (Å²) in [4.78, 5) is 1.17. The zero-order chi connectivity index (χ0) is 20.0. The molecule has 0 N–H and O–H groups in total. The fourth-order valence-electron chi connectivity index (χ4n) is 3.96. The first kappa shape index (κ1) is 18.3. The summed E-state index contributed by atoms with van der Waals surface area (Å²) in [6.07, 6.45) is 0.358. The van der Waals surface area contributed by atoms with E-state index in [1.54, 1.807) is 25.6 Å². The van der Waals surface area contributed by atoms with Gasteiger partial charge in [0.05, 0.1) is 36.4 Å². The minimum Gasteiger partial charge on any atom is -0.493 e. The average molecular weight is 427 g/mol. The van der Waals surface area contributed by atoms with Gasteiger partial charge in [-0.25, -0.2) is 5.01 Å². The van der Waals surface area contributed by atoms with Crippen LogP contribution in [0.4, 0.5) is 0 Å². The molecule has 0 amide bonds. The molecule has 2 aliphatic heterocycles. The standard InChI is InChI=1S/C22H19ClN2O3S/c1-26-19-6-3-5-14(21(19)27-2)22-25-17(12-16(24-25)20-7-4-10-29-20)15-11-13(23)8-9-18(15)28-22/h3-11,17,22H,12H2,1-2H3/t17-,22-/m0/s1. The van der Waals surface area contributed by atoms with E-state index >= 15 is 0 Å². The molecule has 0 bridgehead atoms. The molecule has 0 spiro atoms. The normalized spacial score (nSPS) is 19.8. The molecule has 29 heavy (non-hydrogen) atoms. The molecule has 2 atom stereocenters. The van der Waals surface area contributed by atoms with Crippen LogP contribution in [0.25, 0.3) is 0 Å². The highest BCUT2D eigenvalue weighted by atomic mass is 35.5. The number of fused-ring (bicyclic) bond motifs is 3. The molecule has 7 heteroatoms. The lowest BCUT2D eigenvalue weighted by Gasteiger charge is -2.38. The number of nitrogens with zero attached hydrogens (tertiary/aromatic N) is 2. The fourth-order valence-corrected chi connectivity index (χ4v) is 4.86. The number of thiophene rings is 1. The van der Waals surface area contributed by atoms with Crippen LogP contribution in [0.2, 0.25) is 5.02 Å². The second-order valence-corrected chi connectivity index (χ2v) is 8.24. The second-order valence-electron chi connectivity index (χ2n) is 6.86. The Morgan fingerprint density at radius 2 is 2.00 bits per heavy atom. The van der Waals surface area contributed by atoms with Gasteiger partial charge in [0.2, 0.25) is 6.23 Å². The maximum Gasteiger partial charge on any atom is 0.217 e. The Labute approximate surface area is 178 Å². The number of hydrogen-bond donors (Lipinski definition) is 0. The molecule has 0 unspecified atom stereocenters. The summed E-state index contributed by atoms with van der Waals surface area (Å²) in [5.74, 6) is 2.12. The number of halogens is 1. The van der Waals surface area contributed by atoms with Crippen molar-refractivity contribution in [3.05, 3.63) is 74.9 Å². The Bertz CT molecular complexity index is 1080. The van der Waals surface area contributed by atoms with E-state index < -0.39 is 6.23 Å². The maximum absolute atomic E-state index is 6.42. The molecule has 2 aromatic carbocycles. The topological polar surface area (TPSA) is 43.3 Å². The molecule has 0 aliphatic carbocycles. The van der Waals surface area contributed by atoms with Gasteiger partial charge in [0, 0.05) is 17.0 Å². The molecule has 0 fully saturated rings. The minimum atomic E-state index is -0.434. The van der Waals surface area contributed by atoms with Crippen LogP contribution < -0.4 is 14.2 Å². The van der Waals surface area contributed by atoms with Crippen molar-refractivity contribution in [3.63, 3.8) is 0 Å². The number of hydrogen-bond acceptors (Lipinski definition) is 6. The van der Waals surface area contributed by atoms with E-state index in [2.05, 4.69) is 11.4 Å². The first-order chi connectivity index (χ1) is 14.2. The third-order valence-electron chi connectivity index (χ3n) is 5.26. The second kappa shape index (κ2) is 7.28. The maximum atomic E-state index is 6.42. The Balaban J connectivity index is 1.65. The van der Waals surface area contributed by atoms with Gasteiger partial charge in [0.15, 0.2) is 11.5 Å². The number of ether oxygens (including phenoxy) is 3. The van der Waals surface area contributed by atoms with E-state index in [1.807, 2.05) is 47.5 Å². The van der Waals surface area contributed by atoms with E-state index in [4.69, 9.17) is 30.9 Å². The van der Waals surface area contributed by atoms with Crippen molar-refractivity contribution in [1.82, 2.24) is 5.01 Å². The molecule has 2 aliphatic rings. The zero-order valence-electron chi connectivity index (χ0n) is 16.0. The number of methoxy groups -OCH3 is 2. The van der Waals surface area contributed by atoms with Gasteiger partial charge < -0.3 is 14.2 Å². The van der Waals surface area contributed by atoms with Crippen LogP contribution in [-0.4, -0.2) is 24.9 Å². The highest BCUT2D eigenvalue weighted by molar-refractivity contribution is 7.12. The van der Waals surface area contributed by atoms with Crippen LogP contribution in [0.3, 0.4) is 0 Å². The molecule has 5 rings (SSSR count). The highest BCUT2D eigenvalue weighted by Gasteiger charge is 2.42. The molecule has 148 valence electrons. The van der Waals surface area contributed by atoms with Crippen molar-refractivity contribution in [1.29, 1.82) is 0 Å². The van der Waals surface area contributed by atoms with Gasteiger partial charge in [0.25, 0.3) is 0 Å². The molecule has 5 nitrogen and oxygen atoms in total. The number of hydrazone groups is 1. The van der Waals surface area contributed by atoms with Gasteiger partial charge in [-0.15, -0.1) is 11.3 Å². The summed E-state index contributed by atoms with van der Waals surface area (Å²) >= 11 is 7.99. The summed E-state index contributed by atoms with van der Waals surface area (Å²) in [5.41, 5.74) is 2.97. The van der Waals surface area contributed by atoms with Gasteiger partial charge >= 0.3 is 0 Å².